The zero-order valence-electron chi connectivity index (χ0n) is 11.5. The summed E-state index contributed by atoms with van der Waals surface area (Å²) in [6, 6.07) is 9.20. The lowest BCUT2D eigenvalue weighted by Gasteiger charge is -2.27. The van der Waals surface area contributed by atoms with E-state index >= 15 is 0 Å². The zero-order chi connectivity index (χ0) is 14.7. The average molecular weight is 309 g/mol. The summed E-state index contributed by atoms with van der Waals surface area (Å²) in [6.07, 6.45) is 0. The molecule has 1 aromatic heterocycles. The third-order valence-electron chi connectivity index (χ3n) is 3.05. The lowest BCUT2D eigenvalue weighted by Crippen LogP contribution is -2.36. The second kappa shape index (κ2) is 6.29. The minimum absolute atomic E-state index is 0.0697. The van der Waals surface area contributed by atoms with Crippen molar-refractivity contribution in [3.63, 3.8) is 0 Å². The predicted molar refractivity (Wildman–Crippen MR) is 85.2 cm³/mol. The van der Waals surface area contributed by atoms with Gasteiger partial charge in [-0.2, -0.15) is 0 Å². The molecule has 0 saturated heterocycles. The summed E-state index contributed by atoms with van der Waals surface area (Å²) in [7, 11) is 0. The first-order valence-corrected chi connectivity index (χ1v) is 7.63. The molecule has 0 bridgehead atoms. The van der Waals surface area contributed by atoms with Gasteiger partial charge in [0.1, 0.15) is 0 Å². The Bertz CT molecular complexity index is 576. The standard InChI is InChI=1S/C15H17ClN2OS/c1-10(2)18(9-11-5-4-8-20-11)15(19)14-12(16)6-3-7-13(14)17/h3-8,10H,9,17H2,1-2H3. The van der Waals surface area contributed by atoms with Gasteiger partial charge in [-0.05, 0) is 37.4 Å². The molecule has 2 rings (SSSR count). The summed E-state index contributed by atoms with van der Waals surface area (Å²) in [5.41, 5.74) is 6.71. The van der Waals surface area contributed by atoms with E-state index in [-0.39, 0.29) is 11.9 Å². The molecule has 0 aliphatic heterocycles. The molecule has 0 unspecified atom stereocenters. The highest BCUT2D eigenvalue weighted by Crippen LogP contribution is 2.25. The van der Waals surface area contributed by atoms with E-state index in [1.54, 1.807) is 34.4 Å². The molecule has 0 spiro atoms. The molecule has 106 valence electrons. The normalized spacial score (nSPS) is 10.8. The molecule has 1 heterocycles. The first-order valence-electron chi connectivity index (χ1n) is 6.38. The van der Waals surface area contributed by atoms with Crippen molar-refractivity contribution in [1.82, 2.24) is 4.90 Å². The van der Waals surface area contributed by atoms with Crippen LogP contribution in [-0.4, -0.2) is 16.8 Å². The smallest absolute Gasteiger partial charge is 0.258 e. The molecule has 1 amide bonds. The molecule has 0 aliphatic carbocycles. The number of amides is 1. The number of benzene rings is 1. The van der Waals surface area contributed by atoms with Crippen LogP contribution < -0.4 is 5.73 Å². The van der Waals surface area contributed by atoms with Gasteiger partial charge < -0.3 is 10.6 Å². The quantitative estimate of drug-likeness (QED) is 0.867. The molecule has 3 nitrogen and oxygen atoms in total. The summed E-state index contributed by atoms with van der Waals surface area (Å²) in [5.74, 6) is -0.128. The van der Waals surface area contributed by atoms with Crippen molar-refractivity contribution in [2.24, 2.45) is 0 Å². The Morgan fingerprint density at radius 3 is 2.65 bits per heavy atom. The fourth-order valence-corrected chi connectivity index (χ4v) is 2.93. The first-order chi connectivity index (χ1) is 9.50. The molecular weight excluding hydrogens is 292 g/mol. The molecule has 5 heteroatoms. The van der Waals surface area contributed by atoms with Gasteiger partial charge in [0.25, 0.3) is 5.91 Å². The van der Waals surface area contributed by atoms with E-state index in [1.165, 1.54) is 0 Å². The van der Waals surface area contributed by atoms with Crippen LogP contribution in [0.25, 0.3) is 0 Å². The van der Waals surface area contributed by atoms with E-state index in [9.17, 15) is 4.79 Å². The largest absolute Gasteiger partial charge is 0.398 e. The minimum atomic E-state index is -0.128. The minimum Gasteiger partial charge on any atom is -0.398 e. The van der Waals surface area contributed by atoms with Gasteiger partial charge in [-0.1, -0.05) is 23.7 Å². The Hall–Kier alpha value is -1.52. The summed E-state index contributed by atoms with van der Waals surface area (Å²) in [6.45, 7) is 4.54. The number of hydrogen-bond acceptors (Lipinski definition) is 3. The monoisotopic (exact) mass is 308 g/mol. The average Bonchev–Trinajstić information content (AvgIpc) is 2.88. The lowest BCUT2D eigenvalue weighted by molar-refractivity contribution is 0.0693. The number of carbonyl (C=O) groups is 1. The maximum absolute atomic E-state index is 12.7. The van der Waals surface area contributed by atoms with Crippen LogP contribution in [-0.2, 0) is 6.54 Å². The van der Waals surface area contributed by atoms with Crippen molar-refractivity contribution >= 4 is 34.5 Å². The van der Waals surface area contributed by atoms with Gasteiger partial charge in [-0.15, -0.1) is 11.3 Å². The van der Waals surface area contributed by atoms with Crippen LogP contribution in [0.2, 0.25) is 5.02 Å². The second-order valence-electron chi connectivity index (χ2n) is 4.81. The van der Waals surface area contributed by atoms with Gasteiger partial charge in [-0.25, -0.2) is 0 Å². The highest BCUT2D eigenvalue weighted by atomic mass is 35.5. The Morgan fingerprint density at radius 1 is 1.35 bits per heavy atom. The molecular formula is C15H17ClN2OS. The Kier molecular flexibility index (Phi) is 4.68. The van der Waals surface area contributed by atoms with Gasteiger partial charge in [-0.3, -0.25) is 4.79 Å². The Labute approximate surface area is 128 Å². The van der Waals surface area contributed by atoms with Gasteiger partial charge in [0.2, 0.25) is 0 Å². The van der Waals surface area contributed by atoms with Gasteiger partial charge in [0.05, 0.1) is 17.1 Å². The van der Waals surface area contributed by atoms with Gasteiger partial charge in [0.15, 0.2) is 0 Å². The van der Waals surface area contributed by atoms with Crippen LogP contribution in [0.15, 0.2) is 35.7 Å². The lowest BCUT2D eigenvalue weighted by atomic mass is 10.1. The molecule has 20 heavy (non-hydrogen) atoms. The number of halogens is 1. The summed E-state index contributed by atoms with van der Waals surface area (Å²) >= 11 is 7.76. The Balaban J connectivity index is 2.32. The van der Waals surface area contributed by atoms with Crippen LogP contribution in [0.1, 0.15) is 29.1 Å². The van der Waals surface area contributed by atoms with Crippen LogP contribution in [0.3, 0.4) is 0 Å². The summed E-state index contributed by atoms with van der Waals surface area (Å²) in [5, 5.41) is 2.40. The van der Waals surface area contributed by atoms with Crippen molar-refractivity contribution in [2.45, 2.75) is 26.4 Å². The second-order valence-corrected chi connectivity index (χ2v) is 6.25. The highest BCUT2D eigenvalue weighted by molar-refractivity contribution is 7.09. The van der Waals surface area contributed by atoms with Crippen LogP contribution in [0.4, 0.5) is 5.69 Å². The molecule has 0 aliphatic rings. The van der Waals surface area contributed by atoms with Gasteiger partial charge in [0, 0.05) is 16.6 Å². The predicted octanol–water partition coefficient (Wildman–Crippen LogP) is 4.03. The maximum Gasteiger partial charge on any atom is 0.258 e. The third kappa shape index (κ3) is 3.14. The number of nitrogen functional groups attached to an aromatic ring is 1. The molecule has 2 aromatic rings. The third-order valence-corrected chi connectivity index (χ3v) is 4.23. The highest BCUT2D eigenvalue weighted by Gasteiger charge is 2.23. The summed E-state index contributed by atoms with van der Waals surface area (Å²) in [4.78, 5) is 15.6. The topological polar surface area (TPSA) is 46.3 Å². The van der Waals surface area contributed by atoms with Crippen molar-refractivity contribution in [3.8, 4) is 0 Å². The van der Waals surface area contributed by atoms with E-state index in [0.717, 1.165) is 4.88 Å². The van der Waals surface area contributed by atoms with Crippen molar-refractivity contribution in [1.29, 1.82) is 0 Å². The molecule has 0 fully saturated rings. The van der Waals surface area contributed by atoms with E-state index < -0.39 is 0 Å². The van der Waals surface area contributed by atoms with E-state index in [2.05, 4.69) is 0 Å². The van der Waals surface area contributed by atoms with Crippen LogP contribution in [0, 0.1) is 0 Å². The molecule has 0 saturated carbocycles. The van der Waals surface area contributed by atoms with Crippen LogP contribution in [0.5, 0.6) is 0 Å². The van der Waals surface area contributed by atoms with E-state index in [0.29, 0.717) is 22.8 Å². The maximum atomic E-state index is 12.7. The van der Waals surface area contributed by atoms with E-state index in [4.69, 9.17) is 17.3 Å². The fraction of sp³-hybridized carbons (Fsp3) is 0.267. The SMILES string of the molecule is CC(C)N(Cc1cccs1)C(=O)c1c(N)cccc1Cl. The Morgan fingerprint density at radius 2 is 2.10 bits per heavy atom. The number of thiophene rings is 1. The van der Waals surface area contributed by atoms with E-state index in [1.807, 2.05) is 31.4 Å². The number of nitrogens with two attached hydrogens (primary N) is 1. The number of hydrogen-bond donors (Lipinski definition) is 1. The summed E-state index contributed by atoms with van der Waals surface area (Å²) < 4.78 is 0. The van der Waals surface area contributed by atoms with Crippen molar-refractivity contribution in [3.05, 3.63) is 51.2 Å². The molecule has 0 atom stereocenters. The molecule has 2 N–H and O–H groups in total. The van der Waals surface area contributed by atoms with Crippen LogP contribution >= 0.6 is 22.9 Å². The van der Waals surface area contributed by atoms with Crippen molar-refractivity contribution < 1.29 is 4.79 Å². The number of anilines is 1. The van der Waals surface area contributed by atoms with Gasteiger partial charge >= 0.3 is 0 Å². The number of carbonyl (C=O) groups excluding carboxylic acids is 1. The first kappa shape index (κ1) is 14.9. The number of nitrogens with zero attached hydrogens (tertiary/aromatic N) is 1. The van der Waals surface area contributed by atoms with Crippen molar-refractivity contribution in [2.75, 3.05) is 5.73 Å². The molecule has 1 aromatic carbocycles. The molecule has 0 radical (unpaired) electrons. The zero-order valence-corrected chi connectivity index (χ0v) is 13.0. The number of rotatable bonds is 4. The fourth-order valence-electron chi connectivity index (χ4n) is 1.97.